The molecule has 1 N–H and O–H groups in total. The minimum Gasteiger partial charge on any atom is -0.459 e. The fourth-order valence-electron chi connectivity index (χ4n) is 0.837. The molecule has 0 saturated carbocycles. The lowest BCUT2D eigenvalue weighted by atomic mass is 10.4. The number of halogens is 2. The SMILES string of the molecule is CCOC(=O)C(=O)Nc1cc(Cl)ccn1.Cl. The van der Waals surface area contributed by atoms with Crippen molar-refractivity contribution in [2.45, 2.75) is 6.92 Å². The summed E-state index contributed by atoms with van der Waals surface area (Å²) in [6.07, 6.45) is 1.42. The van der Waals surface area contributed by atoms with Crippen LogP contribution in [0.4, 0.5) is 5.82 Å². The van der Waals surface area contributed by atoms with Gasteiger partial charge in [0.2, 0.25) is 0 Å². The first kappa shape index (κ1) is 14.7. The maximum Gasteiger partial charge on any atom is 0.397 e. The number of carbonyl (C=O) groups excluding carboxylic acids is 2. The third kappa shape index (κ3) is 4.46. The predicted octanol–water partition coefficient (Wildman–Crippen LogP) is 1.66. The topological polar surface area (TPSA) is 68.3 Å². The van der Waals surface area contributed by atoms with Crippen molar-refractivity contribution >= 4 is 41.7 Å². The summed E-state index contributed by atoms with van der Waals surface area (Å²) in [4.78, 5) is 25.9. The van der Waals surface area contributed by atoms with Gasteiger partial charge in [0.15, 0.2) is 0 Å². The molecule has 1 heterocycles. The molecule has 16 heavy (non-hydrogen) atoms. The molecule has 0 bridgehead atoms. The average molecular weight is 265 g/mol. The van der Waals surface area contributed by atoms with E-state index >= 15 is 0 Å². The third-order valence-electron chi connectivity index (χ3n) is 1.42. The number of nitrogens with one attached hydrogen (secondary N) is 1. The van der Waals surface area contributed by atoms with E-state index in [1.54, 1.807) is 13.0 Å². The van der Waals surface area contributed by atoms with Crippen LogP contribution < -0.4 is 5.32 Å². The molecule has 5 nitrogen and oxygen atoms in total. The van der Waals surface area contributed by atoms with Gasteiger partial charge in [-0.15, -0.1) is 12.4 Å². The van der Waals surface area contributed by atoms with Crippen molar-refractivity contribution in [3.63, 3.8) is 0 Å². The number of nitrogens with zero attached hydrogens (tertiary/aromatic N) is 1. The second-order valence-electron chi connectivity index (χ2n) is 2.53. The molecule has 7 heteroatoms. The fraction of sp³-hybridized carbons (Fsp3) is 0.222. The molecule has 0 aliphatic rings. The smallest absolute Gasteiger partial charge is 0.397 e. The quantitative estimate of drug-likeness (QED) is 0.652. The third-order valence-corrected chi connectivity index (χ3v) is 1.66. The number of amides is 1. The van der Waals surface area contributed by atoms with Crippen molar-refractivity contribution in [1.82, 2.24) is 4.98 Å². The van der Waals surface area contributed by atoms with Gasteiger partial charge in [0.1, 0.15) is 5.82 Å². The van der Waals surface area contributed by atoms with Crippen molar-refractivity contribution in [2.24, 2.45) is 0 Å². The highest BCUT2D eigenvalue weighted by Gasteiger charge is 2.14. The summed E-state index contributed by atoms with van der Waals surface area (Å²) in [5.74, 6) is -1.61. The van der Waals surface area contributed by atoms with Crippen molar-refractivity contribution in [2.75, 3.05) is 11.9 Å². The largest absolute Gasteiger partial charge is 0.459 e. The first-order chi connectivity index (χ1) is 7.13. The number of pyridine rings is 1. The van der Waals surface area contributed by atoms with Gasteiger partial charge in [-0.05, 0) is 19.1 Å². The lowest BCUT2D eigenvalue weighted by Crippen LogP contribution is -2.25. The lowest BCUT2D eigenvalue weighted by molar-refractivity contribution is -0.152. The molecule has 0 saturated heterocycles. The molecule has 0 fully saturated rings. The summed E-state index contributed by atoms with van der Waals surface area (Å²) < 4.78 is 4.49. The zero-order chi connectivity index (χ0) is 11.3. The zero-order valence-electron chi connectivity index (χ0n) is 8.40. The molecular formula is C9H10Cl2N2O3. The molecule has 88 valence electrons. The van der Waals surface area contributed by atoms with Crippen LogP contribution in [0.15, 0.2) is 18.3 Å². The summed E-state index contributed by atoms with van der Waals surface area (Å²) in [6, 6.07) is 2.99. The highest BCUT2D eigenvalue weighted by atomic mass is 35.5. The second kappa shape index (κ2) is 7.03. The van der Waals surface area contributed by atoms with Crippen molar-refractivity contribution in [3.05, 3.63) is 23.4 Å². The maximum absolute atomic E-state index is 11.1. The van der Waals surface area contributed by atoms with E-state index in [2.05, 4.69) is 15.0 Å². The van der Waals surface area contributed by atoms with Crippen molar-refractivity contribution in [1.29, 1.82) is 0 Å². The molecule has 0 atom stereocenters. The van der Waals surface area contributed by atoms with Gasteiger partial charge in [-0.2, -0.15) is 0 Å². The number of hydrogen-bond donors (Lipinski definition) is 1. The summed E-state index contributed by atoms with van der Waals surface area (Å²) >= 11 is 5.66. The minimum atomic E-state index is -0.945. The number of esters is 1. The van der Waals surface area contributed by atoms with Crippen molar-refractivity contribution in [3.8, 4) is 0 Å². The van der Waals surface area contributed by atoms with Gasteiger partial charge in [0, 0.05) is 11.2 Å². The van der Waals surface area contributed by atoms with E-state index in [0.29, 0.717) is 5.02 Å². The predicted molar refractivity (Wildman–Crippen MR) is 61.8 cm³/mol. The normalized spacial score (nSPS) is 8.88. The van der Waals surface area contributed by atoms with Gasteiger partial charge in [-0.25, -0.2) is 9.78 Å². The van der Waals surface area contributed by atoms with Gasteiger partial charge < -0.3 is 10.1 Å². The highest BCUT2D eigenvalue weighted by Crippen LogP contribution is 2.11. The highest BCUT2D eigenvalue weighted by molar-refractivity contribution is 6.37. The van der Waals surface area contributed by atoms with Crippen LogP contribution >= 0.6 is 24.0 Å². The van der Waals surface area contributed by atoms with Gasteiger partial charge >= 0.3 is 11.9 Å². The maximum atomic E-state index is 11.1. The number of anilines is 1. The van der Waals surface area contributed by atoms with Crippen LogP contribution in [0, 0.1) is 0 Å². The zero-order valence-corrected chi connectivity index (χ0v) is 9.97. The van der Waals surface area contributed by atoms with E-state index in [9.17, 15) is 9.59 Å². The van der Waals surface area contributed by atoms with Crippen LogP contribution in [-0.4, -0.2) is 23.5 Å². The molecule has 0 spiro atoms. The van der Waals surface area contributed by atoms with Crippen LogP contribution in [0.1, 0.15) is 6.92 Å². The van der Waals surface area contributed by atoms with Crippen LogP contribution in [0.2, 0.25) is 5.02 Å². The number of ether oxygens (including phenoxy) is 1. The van der Waals surface area contributed by atoms with E-state index < -0.39 is 11.9 Å². The first-order valence-corrected chi connectivity index (χ1v) is 4.61. The van der Waals surface area contributed by atoms with Gasteiger partial charge in [0.05, 0.1) is 6.61 Å². The minimum absolute atomic E-state index is 0. The Morgan fingerprint density at radius 1 is 1.56 bits per heavy atom. The number of rotatable bonds is 2. The Balaban J connectivity index is 0.00000225. The molecule has 1 rings (SSSR count). The Hall–Kier alpha value is -1.33. The Bertz CT molecular complexity index is 385. The Morgan fingerprint density at radius 2 is 2.25 bits per heavy atom. The van der Waals surface area contributed by atoms with E-state index in [4.69, 9.17) is 11.6 Å². The lowest BCUT2D eigenvalue weighted by Gasteiger charge is -2.03. The Morgan fingerprint density at radius 3 is 2.81 bits per heavy atom. The number of carbonyl (C=O) groups is 2. The van der Waals surface area contributed by atoms with Crippen LogP contribution in [0.25, 0.3) is 0 Å². The molecule has 0 radical (unpaired) electrons. The van der Waals surface area contributed by atoms with Gasteiger partial charge in [0.25, 0.3) is 0 Å². The number of hydrogen-bond acceptors (Lipinski definition) is 4. The standard InChI is InChI=1S/C9H9ClN2O3.ClH/c1-2-15-9(14)8(13)12-7-5-6(10)3-4-11-7;/h3-5H,2H2,1H3,(H,11,12,13);1H. The number of aromatic nitrogens is 1. The molecule has 0 aliphatic heterocycles. The molecule has 1 amide bonds. The summed E-state index contributed by atoms with van der Waals surface area (Å²) in [5, 5.41) is 2.68. The molecule has 0 aromatic carbocycles. The molecule has 1 aromatic rings. The van der Waals surface area contributed by atoms with Crippen LogP contribution in [0.3, 0.4) is 0 Å². The van der Waals surface area contributed by atoms with E-state index in [1.807, 2.05) is 0 Å². The Labute approximate surface area is 104 Å². The fourth-order valence-corrected chi connectivity index (χ4v) is 0.997. The van der Waals surface area contributed by atoms with E-state index in [1.165, 1.54) is 12.3 Å². The van der Waals surface area contributed by atoms with E-state index in [-0.39, 0.29) is 24.8 Å². The summed E-state index contributed by atoms with van der Waals surface area (Å²) in [6.45, 7) is 1.76. The van der Waals surface area contributed by atoms with Gasteiger partial charge in [-0.1, -0.05) is 11.6 Å². The molecule has 0 unspecified atom stereocenters. The second-order valence-corrected chi connectivity index (χ2v) is 2.97. The molecule has 0 aliphatic carbocycles. The summed E-state index contributed by atoms with van der Waals surface area (Å²) in [7, 11) is 0. The first-order valence-electron chi connectivity index (χ1n) is 4.23. The molecule has 1 aromatic heterocycles. The molecular weight excluding hydrogens is 255 g/mol. The van der Waals surface area contributed by atoms with Crippen LogP contribution in [0.5, 0.6) is 0 Å². The van der Waals surface area contributed by atoms with E-state index in [0.717, 1.165) is 0 Å². The van der Waals surface area contributed by atoms with Crippen molar-refractivity contribution < 1.29 is 14.3 Å². The average Bonchev–Trinajstić information content (AvgIpc) is 2.18. The summed E-state index contributed by atoms with van der Waals surface area (Å²) in [5.41, 5.74) is 0. The van der Waals surface area contributed by atoms with Crippen LogP contribution in [-0.2, 0) is 14.3 Å². The Kier molecular flexibility index (Phi) is 6.44. The monoisotopic (exact) mass is 264 g/mol. The van der Waals surface area contributed by atoms with Gasteiger partial charge in [-0.3, -0.25) is 4.79 Å².